The number of nitrogens with zero attached hydrogens (tertiary/aromatic N) is 1. The lowest BCUT2D eigenvalue weighted by Gasteiger charge is -2.13. The number of nitrogens with one attached hydrogen (secondary N) is 1. The van der Waals surface area contributed by atoms with Crippen molar-refractivity contribution in [1.82, 2.24) is 10.2 Å². The zero-order valence-electron chi connectivity index (χ0n) is 6.88. The Hall–Kier alpha value is -0.150. The fourth-order valence-corrected chi connectivity index (χ4v) is 1.59. The van der Waals surface area contributed by atoms with Gasteiger partial charge in [0.05, 0.1) is 5.49 Å². The molecule has 11 heavy (non-hydrogen) atoms. The summed E-state index contributed by atoms with van der Waals surface area (Å²) in [6.45, 7) is 4.87. The van der Waals surface area contributed by atoms with Crippen molar-refractivity contribution < 1.29 is 0 Å². The van der Waals surface area contributed by atoms with Crippen LogP contribution in [0.3, 0.4) is 0 Å². The minimum absolute atomic E-state index is 1.03. The third-order valence-electron chi connectivity index (χ3n) is 2.08. The van der Waals surface area contributed by atoms with Crippen LogP contribution < -0.4 is 5.32 Å². The number of thiocarbonyl (C=S) groups is 1. The molecule has 1 aliphatic rings. The Bertz CT molecular complexity index is 111. The van der Waals surface area contributed by atoms with Gasteiger partial charge in [0, 0.05) is 6.54 Å². The van der Waals surface area contributed by atoms with Gasteiger partial charge < -0.3 is 10.2 Å². The molecule has 1 N–H and O–H groups in total. The minimum atomic E-state index is 1.03. The molecule has 1 rings (SSSR count). The van der Waals surface area contributed by atoms with E-state index < -0.39 is 0 Å². The molecule has 0 bridgehead atoms. The van der Waals surface area contributed by atoms with Gasteiger partial charge in [-0.05, 0) is 38.9 Å². The van der Waals surface area contributed by atoms with Crippen molar-refractivity contribution in [1.29, 1.82) is 0 Å². The standard InChI is InChI=1S/C8H16N2S/c11-8-9-4-3-7-10-5-1-2-6-10/h8H,1-7H2,(H,9,11). The van der Waals surface area contributed by atoms with Gasteiger partial charge in [0.2, 0.25) is 0 Å². The number of hydrogen-bond donors (Lipinski definition) is 1. The molecule has 0 atom stereocenters. The first kappa shape index (κ1) is 8.94. The quantitative estimate of drug-likeness (QED) is 0.492. The van der Waals surface area contributed by atoms with E-state index in [1.54, 1.807) is 5.49 Å². The van der Waals surface area contributed by atoms with Crippen molar-refractivity contribution in [3.63, 3.8) is 0 Å². The molecule has 0 unspecified atom stereocenters. The zero-order valence-corrected chi connectivity index (χ0v) is 7.70. The van der Waals surface area contributed by atoms with Crippen molar-refractivity contribution in [2.24, 2.45) is 0 Å². The molecule has 1 fully saturated rings. The lowest BCUT2D eigenvalue weighted by atomic mass is 10.4. The molecule has 0 aromatic carbocycles. The molecule has 1 heterocycles. The summed E-state index contributed by atoms with van der Waals surface area (Å²) in [7, 11) is 0. The molecule has 0 saturated carbocycles. The van der Waals surface area contributed by atoms with E-state index in [0.29, 0.717) is 0 Å². The van der Waals surface area contributed by atoms with E-state index in [1.807, 2.05) is 0 Å². The molecule has 1 aliphatic heterocycles. The summed E-state index contributed by atoms with van der Waals surface area (Å²) in [4.78, 5) is 2.52. The summed E-state index contributed by atoms with van der Waals surface area (Å²) in [6, 6.07) is 0. The highest BCUT2D eigenvalue weighted by Gasteiger charge is 2.09. The van der Waals surface area contributed by atoms with E-state index in [9.17, 15) is 0 Å². The average Bonchev–Trinajstić information content (AvgIpc) is 2.50. The maximum atomic E-state index is 4.65. The lowest BCUT2D eigenvalue weighted by molar-refractivity contribution is 0.334. The van der Waals surface area contributed by atoms with Crippen molar-refractivity contribution in [3.05, 3.63) is 0 Å². The molecule has 0 aromatic heterocycles. The monoisotopic (exact) mass is 172 g/mol. The van der Waals surface area contributed by atoms with Crippen molar-refractivity contribution in [3.8, 4) is 0 Å². The van der Waals surface area contributed by atoms with Gasteiger partial charge in [-0.1, -0.05) is 12.2 Å². The Kier molecular flexibility index (Phi) is 4.47. The molecule has 0 aliphatic carbocycles. The van der Waals surface area contributed by atoms with Gasteiger partial charge in [0.15, 0.2) is 0 Å². The third kappa shape index (κ3) is 3.68. The minimum Gasteiger partial charge on any atom is -0.382 e. The van der Waals surface area contributed by atoms with E-state index in [1.165, 1.54) is 38.9 Å². The SMILES string of the molecule is S=CNCCCN1CCCC1. The summed E-state index contributed by atoms with van der Waals surface area (Å²) in [5.74, 6) is 0. The topological polar surface area (TPSA) is 15.3 Å². The number of rotatable bonds is 5. The van der Waals surface area contributed by atoms with Crippen LogP contribution in [0.4, 0.5) is 0 Å². The van der Waals surface area contributed by atoms with Crippen molar-refractivity contribution >= 4 is 17.7 Å². The normalized spacial score (nSPS) is 18.5. The van der Waals surface area contributed by atoms with Gasteiger partial charge in [0.25, 0.3) is 0 Å². The second-order valence-corrected chi connectivity index (χ2v) is 3.21. The Morgan fingerprint density at radius 1 is 1.36 bits per heavy atom. The fourth-order valence-electron chi connectivity index (χ4n) is 1.47. The fraction of sp³-hybridized carbons (Fsp3) is 0.875. The summed E-state index contributed by atoms with van der Waals surface area (Å²) in [5, 5.41) is 3.04. The largest absolute Gasteiger partial charge is 0.382 e. The molecule has 0 spiro atoms. The summed E-state index contributed by atoms with van der Waals surface area (Å²) in [6.07, 6.45) is 3.99. The highest BCUT2D eigenvalue weighted by Crippen LogP contribution is 2.06. The van der Waals surface area contributed by atoms with E-state index in [2.05, 4.69) is 22.4 Å². The maximum absolute atomic E-state index is 4.65. The second kappa shape index (κ2) is 5.49. The first-order valence-corrected chi connectivity index (χ1v) is 4.80. The molecule has 0 amide bonds. The molecule has 0 radical (unpaired) electrons. The van der Waals surface area contributed by atoms with Gasteiger partial charge in [-0.3, -0.25) is 0 Å². The van der Waals surface area contributed by atoms with Crippen LogP contribution >= 0.6 is 12.2 Å². The van der Waals surface area contributed by atoms with Crippen molar-refractivity contribution in [2.75, 3.05) is 26.2 Å². The molecular formula is C8H16N2S. The summed E-state index contributed by atoms with van der Waals surface area (Å²) >= 11 is 4.65. The summed E-state index contributed by atoms with van der Waals surface area (Å²) < 4.78 is 0. The Balaban J connectivity index is 1.89. The molecule has 1 saturated heterocycles. The van der Waals surface area contributed by atoms with Gasteiger partial charge >= 0.3 is 0 Å². The second-order valence-electron chi connectivity index (χ2n) is 2.97. The third-order valence-corrected chi connectivity index (χ3v) is 2.24. The Morgan fingerprint density at radius 3 is 2.73 bits per heavy atom. The van der Waals surface area contributed by atoms with Crippen LogP contribution in [0.1, 0.15) is 19.3 Å². The average molecular weight is 172 g/mol. The van der Waals surface area contributed by atoms with Gasteiger partial charge in [0.1, 0.15) is 0 Å². The van der Waals surface area contributed by atoms with Gasteiger partial charge in [-0.15, -0.1) is 0 Å². The van der Waals surface area contributed by atoms with Gasteiger partial charge in [-0.2, -0.15) is 0 Å². The first-order chi connectivity index (χ1) is 5.43. The van der Waals surface area contributed by atoms with Crippen LogP contribution in [0.15, 0.2) is 0 Å². The van der Waals surface area contributed by atoms with Crippen LogP contribution in [0.5, 0.6) is 0 Å². The van der Waals surface area contributed by atoms with E-state index >= 15 is 0 Å². The van der Waals surface area contributed by atoms with Crippen molar-refractivity contribution in [2.45, 2.75) is 19.3 Å². The molecule has 0 aromatic rings. The predicted molar refractivity (Wildman–Crippen MR) is 51.9 cm³/mol. The molecular weight excluding hydrogens is 156 g/mol. The Labute approximate surface area is 74.0 Å². The van der Waals surface area contributed by atoms with E-state index in [0.717, 1.165) is 6.54 Å². The molecule has 2 nitrogen and oxygen atoms in total. The Morgan fingerprint density at radius 2 is 2.09 bits per heavy atom. The predicted octanol–water partition coefficient (Wildman–Crippen LogP) is 1.02. The van der Waals surface area contributed by atoms with Crippen LogP contribution in [-0.2, 0) is 0 Å². The van der Waals surface area contributed by atoms with Crippen LogP contribution in [0, 0.1) is 0 Å². The zero-order chi connectivity index (χ0) is 7.94. The summed E-state index contributed by atoms with van der Waals surface area (Å²) in [5.41, 5.74) is 1.60. The van der Waals surface area contributed by atoms with Crippen LogP contribution in [-0.4, -0.2) is 36.6 Å². The van der Waals surface area contributed by atoms with E-state index in [-0.39, 0.29) is 0 Å². The number of hydrogen-bond acceptors (Lipinski definition) is 2. The maximum Gasteiger partial charge on any atom is 0.0614 e. The first-order valence-electron chi connectivity index (χ1n) is 4.33. The lowest BCUT2D eigenvalue weighted by Crippen LogP contribution is -2.23. The smallest absolute Gasteiger partial charge is 0.0614 e. The highest BCUT2D eigenvalue weighted by atomic mass is 32.1. The molecule has 3 heteroatoms. The highest BCUT2D eigenvalue weighted by molar-refractivity contribution is 7.78. The number of likely N-dealkylation sites (tertiary alicyclic amines) is 1. The van der Waals surface area contributed by atoms with Crippen LogP contribution in [0.2, 0.25) is 0 Å². The van der Waals surface area contributed by atoms with Gasteiger partial charge in [-0.25, -0.2) is 0 Å². The molecule has 64 valence electrons. The van der Waals surface area contributed by atoms with E-state index in [4.69, 9.17) is 0 Å². The van der Waals surface area contributed by atoms with Crippen LogP contribution in [0.25, 0.3) is 0 Å².